The van der Waals surface area contributed by atoms with Gasteiger partial charge in [0, 0.05) is 16.6 Å². The third-order valence-corrected chi connectivity index (χ3v) is 3.09. The number of ether oxygens (including phenoxy) is 1. The lowest BCUT2D eigenvalue weighted by Crippen LogP contribution is -2.34. The van der Waals surface area contributed by atoms with Gasteiger partial charge in [0.15, 0.2) is 0 Å². The number of hydrogen-bond acceptors (Lipinski definition) is 4. The summed E-state index contributed by atoms with van der Waals surface area (Å²) in [5, 5.41) is 0. The second kappa shape index (κ2) is 5.83. The molecule has 2 amide bonds. The second-order valence-corrected chi connectivity index (χ2v) is 4.96. The molecular formula is C14H10BrNO4. The molecule has 0 N–H and O–H groups in total. The minimum atomic E-state index is -0.681. The van der Waals surface area contributed by atoms with Crippen LogP contribution in [0.5, 0.6) is 5.75 Å². The van der Waals surface area contributed by atoms with Crippen molar-refractivity contribution in [1.82, 2.24) is 4.90 Å². The van der Waals surface area contributed by atoms with Gasteiger partial charge in [0.05, 0.1) is 12.1 Å². The van der Waals surface area contributed by atoms with Crippen molar-refractivity contribution in [3.63, 3.8) is 0 Å². The lowest BCUT2D eigenvalue weighted by Gasteiger charge is -2.14. The lowest BCUT2D eigenvalue weighted by atomic mass is 10.3. The van der Waals surface area contributed by atoms with Crippen molar-refractivity contribution in [3.8, 4) is 5.75 Å². The van der Waals surface area contributed by atoms with Crippen LogP contribution in [0.4, 0.5) is 0 Å². The van der Waals surface area contributed by atoms with E-state index in [0.717, 1.165) is 21.5 Å². The van der Waals surface area contributed by atoms with E-state index in [0.29, 0.717) is 5.75 Å². The quantitative estimate of drug-likeness (QED) is 0.364. The van der Waals surface area contributed by atoms with Crippen molar-refractivity contribution in [2.45, 2.75) is 0 Å². The lowest BCUT2D eigenvalue weighted by molar-refractivity contribution is -0.136. The Kier molecular flexibility index (Phi) is 4.14. The van der Waals surface area contributed by atoms with Crippen molar-refractivity contribution in [1.29, 1.82) is 0 Å². The predicted molar refractivity (Wildman–Crippen MR) is 74.8 cm³/mol. The molecule has 2 rings (SSSR count). The monoisotopic (exact) mass is 335 g/mol. The van der Waals surface area contributed by atoms with E-state index < -0.39 is 17.8 Å². The van der Waals surface area contributed by atoms with E-state index in [1.165, 1.54) is 0 Å². The molecule has 0 radical (unpaired) electrons. The summed E-state index contributed by atoms with van der Waals surface area (Å²) < 4.78 is 5.94. The number of carbonyl (C=O) groups is 3. The molecule has 102 valence electrons. The number of carbonyl (C=O) groups excluding carboxylic acids is 3. The third-order valence-electron chi connectivity index (χ3n) is 2.56. The van der Waals surface area contributed by atoms with Gasteiger partial charge in [-0.25, -0.2) is 4.79 Å². The Hall–Kier alpha value is -2.21. The number of rotatable bonds is 4. The summed E-state index contributed by atoms with van der Waals surface area (Å²) in [7, 11) is 0. The van der Waals surface area contributed by atoms with Crippen LogP contribution < -0.4 is 4.74 Å². The molecule has 1 aromatic carbocycles. The summed E-state index contributed by atoms with van der Waals surface area (Å²) in [6, 6.07) is 6.68. The first kappa shape index (κ1) is 14.2. The Labute approximate surface area is 123 Å². The normalized spacial score (nSPS) is 13.8. The topological polar surface area (TPSA) is 63.7 Å². The van der Waals surface area contributed by atoms with E-state index in [1.807, 2.05) is 0 Å². The van der Waals surface area contributed by atoms with Gasteiger partial charge in [0.25, 0.3) is 11.8 Å². The third kappa shape index (κ3) is 3.21. The van der Waals surface area contributed by atoms with Crippen LogP contribution >= 0.6 is 15.9 Å². The minimum absolute atomic E-state index is 0.0262. The fourth-order valence-electron chi connectivity index (χ4n) is 1.52. The number of hydrogen-bond donors (Lipinski definition) is 0. The van der Waals surface area contributed by atoms with E-state index in [2.05, 4.69) is 22.5 Å². The first-order valence-corrected chi connectivity index (χ1v) is 6.46. The van der Waals surface area contributed by atoms with Crippen LogP contribution in [0.25, 0.3) is 0 Å². The van der Waals surface area contributed by atoms with E-state index >= 15 is 0 Å². The summed E-state index contributed by atoms with van der Waals surface area (Å²) in [6.45, 7) is 3.36. The average Bonchev–Trinajstić information content (AvgIpc) is 2.73. The van der Waals surface area contributed by atoms with Crippen LogP contribution in [0.15, 0.2) is 53.0 Å². The number of benzene rings is 1. The molecule has 0 aliphatic carbocycles. The highest BCUT2D eigenvalue weighted by Crippen LogP contribution is 2.17. The zero-order chi connectivity index (χ0) is 14.7. The molecule has 6 heteroatoms. The number of esters is 1. The van der Waals surface area contributed by atoms with Crippen LogP contribution in [0.3, 0.4) is 0 Å². The van der Waals surface area contributed by atoms with Crippen molar-refractivity contribution in [2.75, 3.05) is 6.54 Å². The molecule has 0 unspecified atom stereocenters. The van der Waals surface area contributed by atoms with Crippen LogP contribution in [-0.2, 0) is 14.4 Å². The van der Waals surface area contributed by atoms with Crippen LogP contribution in [0.2, 0.25) is 0 Å². The predicted octanol–water partition coefficient (Wildman–Crippen LogP) is 1.84. The highest BCUT2D eigenvalue weighted by atomic mass is 79.9. The minimum Gasteiger partial charge on any atom is -0.423 e. The fraction of sp³-hybridized carbons (Fsp3) is 0.0714. The number of nitrogens with zero attached hydrogens (tertiary/aromatic N) is 1. The summed E-state index contributed by atoms with van der Waals surface area (Å²) in [5.41, 5.74) is 0.0262. The Morgan fingerprint density at radius 2 is 1.70 bits per heavy atom. The average molecular weight is 336 g/mol. The Bertz CT molecular complexity index is 601. The molecule has 1 aliphatic rings. The smallest absolute Gasteiger partial charge is 0.340 e. The molecule has 1 heterocycles. The molecular weight excluding hydrogens is 326 g/mol. The van der Waals surface area contributed by atoms with E-state index in [1.54, 1.807) is 24.3 Å². The van der Waals surface area contributed by atoms with Crippen molar-refractivity contribution in [2.24, 2.45) is 0 Å². The Balaban J connectivity index is 1.96. The van der Waals surface area contributed by atoms with E-state index in [4.69, 9.17) is 4.74 Å². The maximum absolute atomic E-state index is 11.8. The second-order valence-electron chi connectivity index (χ2n) is 4.04. The van der Waals surface area contributed by atoms with Crippen molar-refractivity contribution >= 4 is 33.7 Å². The summed E-state index contributed by atoms with van der Waals surface area (Å²) in [6.07, 6.45) is 2.30. The van der Waals surface area contributed by atoms with Crippen molar-refractivity contribution < 1.29 is 19.1 Å². The molecule has 1 aliphatic heterocycles. The molecule has 0 saturated heterocycles. The van der Waals surface area contributed by atoms with Gasteiger partial charge in [0.1, 0.15) is 5.75 Å². The molecule has 0 saturated carbocycles. The van der Waals surface area contributed by atoms with Gasteiger partial charge in [-0.05, 0) is 24.3 Å². The molecule has 0 atom stereocenters. The molecule has 1 aromatic rings. The standard InChI is InChI=1S/C14H10BrNO4/c1-9(8-16-12(17)6-7-13(16)18)14(19)20-11-4-2-10(15)3-5-11/h2-7H,1,8H2. The van der Waals surface area contributed by atoms with Gasteiger partial charge in [-0.2, -0.15) is 0 Å². The number of halogens is 1. The van der Waals surface area contributed by atoms with E-state index in [9.17, 15) is 14.4 Å². The maximum atomic E-state index is 11.8. The molecule has 0 aromatic heterocycles. The van der Waals surface area contributed by atoms with Crippen LogP contribution in [-0.4, -0.2) is 29.2 Å². The van der Waals surface area contributed by atoms with Gasteiger partial charge < -0.3 is 4.74 Å². The molecule has 20 heavy (non-hydrogen) atoms. The molecule has 5 nitrogen and oxygen atoms in total. The zero-order valence-electron chi connectivity index (χ0n) is 10.3. The highest BCUT2D eigenvalue weighted by molar-refractivity contribution is 9.10. The van der Waals surface area contributed by atoms with Gasteiger partial charge in [-0.1, -0.05) is 22.5 Å². The first-order valence-electron chi connectivity index (χ1n) is 5.66. The SMILES string of the molecule is C=C(CN1C(=O)C=CC1=O)C(=O)Oc1ccc(Br)cc1. The fourth-order valence-corrected chi connectivity index (χ4v) is 1.79. The Morgan fingerprint density at radius 3 is 2.25 bits per heavy atom. The number of imide groups is 1. The number of amides is 2. The molecule has 0 bridgehead atoms. The molecule has 0 fully saturated rings. The highest BCUT2D eigenvalue weighted by Gasteiger charge is 2.25. The largest absolute Gasteiger partial charge is 0.423 e. The van der Waals surface area contributed by atoms with E-state index in [-0.39, 0.29) is 12.1 Å². The summed E-state index contributed by atoms with van der Waals surface area (Å²) in [4.78, 5) is 35.4. The van der Waals surface area contributed by atoms with Gasteiger partial charge in [-0.15, -0.1) is 0 Å². The summed E-state index contributed by atoms with van der Waals surface area (Å²) >= 11 is 3.27. The Morgan fingerprint density at radius 1 is 1.15 bits per heavy atom. The van der Waals surface area contributed by atoms with Crippen LogP contribution in [0, 0.1) is 0 Å². The first-order chi connectivity index (χ1) is 9.47. The van der Waals surface area contributed by atoms with Gasteiger partial charge in [-0.3, -0.25) is 14.5 Å². The van der Waals surface area contributed by atoms with Gasteiger partial charge >= 0.3 is 5.97 Å². The maximum Gasteiger partial charge on any atom is 0.340 e. The van der Waals surface area contributed by atoms with Crippen LogP contribution in [0.1, 0.15) is 0 Å². The van der Waals surface area contributed by atoms with Crippen molar-refractivity contribution in [3.05, 3.63) is 53.0 Å². The van der Waals surface area contributed by atoms with Gasteiger partial charge in [0.2, 0.25) is 0 Å². The molecule has 0 spiro atoms. The summed E-state index contributed by atoms with van der Waals surface area (Å²) in [5.74, 6) is -1.25. The zero-order valence-corrected chi connectivity index (χ0v) is 11.9.